The SMILES string of the molecule is O=c1c2ccccc2nc(SCC=Cc2ccccc2)n1-c1ccc(Br)cc1. The number of thioether (sulfide) groups is 1. The van der Waals surface area contributed by atoms with E-state index in [1.54, 1.807) is 16.3 Å². The third-order valence-corrected chi connectivity index (χ3v) is 5.67. The number of aromatic nitrogens is 2. The highest BCUT2D eigenvalue weighted by atomic mass is 79.9. The summed E-state index contributed by atoms with van der Waals surface area (Å²) in [6, 6.07) is 25.3. The van der Waals surface area contributed by atoms with E-state index in [-0.39, 0.29) is 5.56 Å². The maximum absolute atomic E-state index is 13.2. The molecule has 0 bridgehead atoms. The summed E-state index contributed by atoms with van der Waals surface area (Å²) in [5.41, 5.74) is 2.62. The van der Waals surface area contributed by atoms with Crippen LogP contribution in [0.1, 0.15) is 5.56 Å². The summed E-state index contributed by atoms with van der Waals surface area (Å²) < 4.78 is 2.66. The molecular formula is C23H17BrN2OS. The number of fused-ring (bicyclic) bond motifs is 1. The molecule has 4 rings (SSSR count). The Balaban J connectivity index is 1.71. The maximum Gasteiger partial charge on any atom is 0.266 e. The molecule has 0 aliphatic carbocycles. The van der Waals surface area contributed by atoms with Gasteiger partial charge in [-0.3, -0.25) is 9.36 Å². The van der Waals surface area contributed by atoms with Crippen LogP contribution in [0.25, 0.3) is 22.7 Å². The molecule has 28 heavy (non-hydrogen) atoms. The van der Waals surface area contributed by atoms with E-state index in [4.69, 9.17) is 4.98 Å². The predicted octanol–water partition coefficient (Wildman–Crippen LogP) is 5.95. The second-order valence-electron chi connectivity index (χ2n) is 6.15. The van der Waals surface area contributed by atoms with Gasteiger partial charge in [0.15, 0.2) is 5.16 Å². The minimum Gasteiger partial charge on any atom is -0.268 e. The molecule has 0 fully saturated rings. The zero-order chi connectivity index (χ0) is 19.3. The summed E-state index contributed by atoms with van der Waals surface area (Å²) >= 11 is 5.00. The van der Waals surface area contributed by atoms with Crippen molar-refractivity contribution in [2.45, 2.75) is 5.16 Å². The lowest BCUT2D eigenvalue weighted by atomic mass is 10.2. The van der Waals surface area contributed by atoms with Crippen molar-refractivity contribution in [3.05, 3.63) is 105 Å². The normalized spacial score (nSPS) is 11.3. The van der Waals surface area contributed by atoms with Gasteiger partial charge in [-0.05, 0) is 42.0 Å². The van der Waals surface area contributed by atoms with Gasteiger partial charge in [0, 0.05) is 10.2 Å². The lowest BCUT2D eigenvalue weighted by Crippen LogP contribution is -2.21. The third-order valence-electron chi connectivity index (χ3n) is 4.25. The van der Waals surface area contributed by atoms with Crippen molar-refractivity contribution >= 4 is 44.7 Å². The highest BCUT2D eigenvalue weighted by Gasteiger charge is 2.12. The number of rotatable bonds is 5. The lowest BCUT2D eigenvalue weighted by molar-refractivity contribution is 0.820. The fraction of sp³-hybridized carbons (Fsp3) is 0.0435. The molecule has 0 atom stereocenters. The molecular weight excluding hydrogens is 432 g/mol. The number of halogens is 1. The van der Waals surface area contributed by atoms with E-state index in [1.165, 1.54) is 0 Å². The molecule has 3 aromatic carbocycles. The molecule has 0 amide bonds. The van der Waals surface area contributed by atoms with E-state index in [0.717, 1.165) is 27.0 Å². The van der Waals surface area contributed by atoms with Gasteiger partial charge in [0.1, 0.15) is 0 Å². The van der Waals surface area contributed by atoms with Crippen LogP contribution in [0.15, 0.2) is 99.4 Å². The number of hydrogen-bond donors (Lipinski definition) is 0. The van der Waals surface area contributed by atoms with Gasteiger partial charge < -0.3 is 0 Å². The summed E-state index contributed by atoms with van der Waals surface area (Å²) in [7, 11) is 0. The molecule has 0 saturated heterocycles. The topological polar surface area (TPSA) is 34.9 Å². The monoisotopic (exact) mass is 448 g/mol. The third kappa shape index (κ3) is 4.11. The summed E-state index contributed by atoms with van der Waals surface area (Å²) in [5.74, 6) is 0.718. The molecule has 0 radical (unpaired) electrons. The van der Waals surface area contributed by atoms with Crippen LogP contribution in [0.5, 0.6) is 0 Å². The highest BCUT2D eigenvalue weighted by molar-refractivity contribution is 9.10. The number of nitrogens with zero attached hydrogens (tertiary/aromatic N) is 2. The van der Waals surface area contributed by atoms with E-state index in [1.807, 2.05) is 66.7 Å². The highest BCUT2D eigenvalue weighted by Crippen LogP contribution is 2.22. The van der Waals surface area contributed by atoms with Gasteiger partial charge in [0.25, 0.3) is 5.56 Å². The maximum atomic E-state index is 13.2. The molecule has 0 aliphatic rings. The summed E-state index contributed by atoms with van der Waals surface area (Å²) in [6.45, 7) is 0. The number of benzene rings is 3. The van der Waals surface area contributed by atoms with E-state index in [0.29, 0.717) is 10.5 Å². The summed E-state index contributed by atoms with van der Waals surface area (Å²) in [6.07, 6.45) is 4.17. The van der Waals surface area contributed by atoms with E-state index in [2.05, 4.69) is 40.2 Å². The Hall–Kier alpha value is -2.63. The molecule has 138 valence electrons. The first-order chi connectivity index (χ1) is 13.7. The average molecular weight is 449 g/mol. The van der Waals surface area contributed by atoms with Crippen molar-refractivity contribution in [2.75, 3.05) is 5.75 Å². The first kappa shape index (κ1) is 18.7. The van der Waals surface area contributed by atoms with Crippen molar-refractivity contribution in [1.82, 2.24) is 9.55 Å². The lowest BCUT2D eigenvalue weighted by Gasteiger charge is -2.12. The minimum absolute atomic E-state index is 0.0533. The standard InChI is InChI=1S/C23H17BrN2OS/c24-18-12-14-19(15-13-18)26-22(27)20-10-4-5-11-21(20)25-23(26)28-16-6-9-17-7-2-1-3-8-17/h1-15H,16H2. The van der Waals surface area contributed by atoms with Crippen LogP contribution < -0.4 is 5.56 Å². The van der Waals surface area contributed by atoms with Gasteiger partial charge in [0.05, 0.1) is 16.6 Å². The van der Waals surface area contributed by atoms with Gasteiger partial charge in [-0.1, -0.05) is 82.3 Å². The van der Waals surface area contributed by atoms with E-state index in [9.17, 15) is 4.79 Å². The zero-order valence-electron chi connectivity index (χ0n) is 15.0. The smallest absolute Gasteiger partial charge is 0.266 e. The van der Waals surface area contributed by atoms with Gasteiger partial charge in [0.2, 0.25) is 0 Å². The first-order valence-corrected chi connectivity index (χ1v) is 10.6. The quantitative estimate of drug-likeness (QED) is 0.279. The molecule has 4 aromatic rings. The predicted molar refractivity (Wildman–Crippen MR) is 121 cm³/mol. The van der Waals surface area contributed by atoms with Crippen LogP contribution in [-0.4, -0.2) is 15.3 Å². The van der Waals surface area contributed by atoms with Crippen molar-refractivity contribution in [1.29, 1.82) is 0 Å². The largest absolute Gasteiger partial charge is 0.268 e. The molecule has 3 nitrogen and oxygen atoms in total. The molecule has 0 spiro atoms. The van der Waals surface area contributed by atoms with Gasteiger partial charge in [-0.15, -0.1) is 0 Å². The van der Waals surface area contributed by atoms with Crippen LogP contribution in [0.3, 0.4) is 0 Å². The summed E-state index contributed by atoms with van der Waals surface area (Å²) in [4.78, 5) is 17.9. The van der Waals surface area contributed by atoms with Gasteiger partial charge in [-0.2, -0.15) is 0 Å². The van der Waals surface area contributed by atoms with Gasteiger partial charge >= 0.3 is 0 Å². The van der Waals surface area contributed by atoms with E-state index >= 15 is 0 Å². The Morgan fingerprint density at radius 3 is 2.43 bits per heavy atom. The molecule has 0 N–H and O–H groups in total. The van der Waals surface area contributed by atoms with Crippen molar-refractivity contribution in [3.63, 3.8) is 0 Å². The Bertz CT molecular complexity index is 1180. The second-order valence-corrected chi connectivity index (χ2v) is 8.06. The Labute approximate surface area is 175 Å². The number of hydrogen-bond acceptors (Lipinski definition) is 3. The molecule has 0 aliphatic heterocycles. The number of para-hydroxylation sites is 1. The van der Waals surface area contributed by atoms with Crippen LogP contribution in [0.4, 0.5) is 0 Å². The van der Waals surface area contributed by atoms with Crippen LogP contribution in [0.2, 0.25) is 0 Å². The Morgan fingerprint density at radius 2 is 1.64 bits per heavy atom. The second kappa shape index (κ2) is 8.59. The fourth-order valence-electron chi connectivity index (χ4n) is 2.90. The van der Waals surface area contributed by atoms with Crippen LogP contribution in [-0.2, 0) is 0 Å². The average Bonchev–Trinajstić information content (AvgIpc) is 2.73. The fourth-order valence-corrected chi connectivity index (χ4v) is 3.98. The minimum atomic E-state index is -0.0533. The summed E-state index contributed by atoms with van der Waals surface area (Å²) in [5, 5.41) is 1.30. The van der Waals surface area contributed by atoms with E-state index < -0.39 is 0 Å². The molecule has 0 unspecified atom stereocenters. The van der Waals surface area contributed by atoms with Crippen molar-refractivity contribution < 1.29 is 0 Å². The molecule has 5 heteroatoms. The Morgan fingerprint density at radius 1 is 0.929 bits per heavy atom. The van der Waals surface area contributed by atoms with Gasteiger partial charge in [-0.25, -0.2) is 4.98 Å². The zero-order valence-corrected chi connectivity index (χ0v) is 17.4. The molecule has 1 aromatic heterocycles. The first-order valence-electron chi connectivity index (χ1n) is 8.84. The van der Waals surface area contributed by atoms with Crippen molar-refractivity contribution in [3.8, 4) is 5.69 Å². The molecule has 0 saturated carbocycles. The van der Waals surface area contributed by atoms with Crippen LogP contribution >= 0.6 is 27.7 Å². The van der Waals surface area contributed by atoms with Crippen LogP contribution in [0, 0.1) is 0 Å². The molecule has 1 heterocycles. The Kier molecular flexibility index (Phi) is 5.74. The van der Waals surface area contributed by atoms with Crippen molar-refractivity contribution in [2.24, 2.45) is 0 Å².